The minimum Gasteiger partial charge on any atom is -0.310 e. The number of hydrogen-bond acceptors (Lipinski definition) is 2. The van der Waals surface area contributed by atoms with Gasteiger partial charge in [0, 0.05) is 36.9 Å². The SMILES string of the molecule is c1ccc(N(c2cccc(-c3cccc4c3sc3ccccc34)c2)c2cc3c4ccccc4ccc3c3ccccc23)cc1. The van der Waals surface area contributed by atoms with E-state index in [-0.39, 0.29) is 0 Å². The van der Waals surface area contributed by atoms with Crippen LogP contribution in [0.5, 0.6) is 0 Å². The Morgan fingerprint density at radius 3 is 1.93 bits per heavy atom. The number of thiophene rings is 1. The van der Waals surface area contributed by atoms with Crippen LogP contribution in [0, 0.1) is 0 Å². The molecule has 0 saturated heterocycles. The van der Waals surface area contributed by atoms with Crippen LogP contribution in [0.4, 0.5) is 17.1 Å². The second-order valence-electron chi connectivity index (χ2n) is 11.3. The first-order valence-electron chi connectivity index (χ1n) is 15.0. The first-order chi connectivity index (χ1) is 21.8. The average molecular weight is 578 g/mol. The highest BCUT2D eigenvalue weighted by Gasteiger charge is 2.19. The summed E-state index contributed by atoms with van der Waals surface area (Å²) in [6, 6.07) is 59.7. The second kappa shape index (κ2) is 10.1. The molecule has 0 fully saturated rings. The molecule has 0 aliphatic carbocycles. The lowest BCUT2D eigenvalue weighted by Gasteiger charge is -2.28. The van der Waals surface area contributed by atoms with Crippen LogP contribution in [0.1, 0.15) is 0 Å². The van der Waals surface area contributed by atoms with E-state index >= 15 is 0 Å². The van der Waals surface area contributed by atoms with Crippen LogP contribution in [0.2, 0.25) is 0 Å². The van der Waals surface area contributed by atoms with E-state index in [0.29, 0.717) is 0 Å². The quantitative estimate of drug-likeness (QED) is 0.188. The van der Waals surface area contributed by atoms with Crippen molar-refractivity contribution in [3.8, 4) is 11.1 Å². The van der Waals surface area contributed by atoms with Gasteiger partial charge in [0.1, 0.15) is 0 Å². The van der Waals surface area contributed by atoms with Gasteiger partial charge in [-0.3, -0.25) is 0 Å². The van der Waals surface area contributed by atoms with Gasteiger partial charge in [0.2, 0.25) is 0 Å². The lowest BCUT2D eigenvalue weighted by Crippen LogP contribution is -2.10. The summed E-state index contributed by atoms with van der Waals surface area (Å²) in [4.78, 5) is 2.43. The molecule has 0 aliphatic heterocycles. The maximum absolute atomic E-state index is 2.43. The Morgan fingerprint density at radius 1 is 0.386 bits per heavy atom. The van der Waals surface area contributed by atoms with Crippen LogP contribution in [0.25, 0.3) is 63.6 Å². The highest BCUT2D eigenvalue weighted by atomic mass is 32.1. The van der Waals surface area contributed by atoms with E-state index in [0.717, 1.165) is 11.4 Å². The Balaban J connectivity index is 1.32. The molecule has 0 N–H and O–H groups in total. The summed E-state index contributed by atoms with van der Waals surface area (Å²) in [5, 5.41) is 10.2. The van der Waals surface area contributed by atoms with Gasteiger partial charge < -0.3 is 4.90 Å². The summed E-state index contributed by atoms with van der Waals surface area (Å²) < 4.78 is 2.66. The molecule has 0 aliphatic rings. The maximum Gasteiger partial charge on any atom is 0.0546 e. The Hall–Kier alpha value is -5.44. The molecule has 0 spiro atoms. The third-order valence-electron chi connectivity index (χ3n) is 8.82. The zero-order valence-electron chi connectivity index (χ0n) is 23.9. The van der Waals surface area contributed by atoms with Crippen molar-refractivity contribution in [1.82, 2.24) is 0 Å². The molecule has 8 aromatic carbocycles. The van der Waals surface area contributed by atoms with Gasteiger partial charge in [0.25, 0.3) is 0 Å². The summed E-state index contributed by atoms with van der Waals surface area (Å²) in [6.45, 7) is 0. The molecule has 0 amide bonds. The summed E-state index contributed by atoms with van der Waals surface area (Å²) >= 11 is 1.88. The van der Waals surface area contributed by atoms with Crippen molar-refractivity contribution in [2.24, 2.45) is 0 Å². The molecule has 0 saturated carbocycles. The third kappa shape index (κ3) is 3.92. The number of rotatable bonds is 4. The van der Waals surface area contributed by atoms with Gasteiger partial charge in [-0.05, 0) is 74.5 Å². The van der Waals surface area contributed by atoms with E-state index in [9.17, 15) is 0 Å². The number of nitrogens with zero attached hydrogens (tertiary/aromatic N) is 1. The van der Waals surface area contributed by atoms with E-state index in [1.807, 2.05) is 11.3 Å². The molecule has 9 aromatic rings. The summed E-state index contributed by atoms with van der Waals surface area (Å²) in [6.07, 6.45) is 0. The average Bonchev–Trinajstić information content (AvgIpc) is 3.48. The molecule has 2 heteroatoms. The predicted molar refractivity (Wildman–Crippen MR) is 192 cm³/mol. The standard InChI is InChI=1S/C42H27NS/c1-2-14-30(15-3-1)43(40-27-39-32-17-5-4-12-28(32)24-25-35(39)34-18-6-7-19-36(34)40)31-16-10-13-29(26-31)33-21-11-22-38-37-20-8-9-23-41(37)44-42(33)38/h1-27H. The molecule has 9 rings (SSSR count). The van der Waals surface area contributed by atoms with Crippen LogP contribution >= 0.6 is 11.3 Å². The Labute approximate surface area is 259 Å². The van der Waals surface area contributed by atoms with Crippen molar-refractivity contribution >= 4 is 80.9 Å². The summed E-state index contributed by atoms with van der Waals surface area (Å²) in [5.41, 5.74) is 5.93. The van der Waals surface area contributed by atoms with Gasteiger partial charge in [0.15, 0.2) is 0 Å². The van der Waals surface area contributed by atoms with Crippen LogP contribution in [-0.4, -0.2) is 0 Å². The van der Waals surface area contributed by atoms with Crippen molar-refractivity contribution in [2.75, 3.05) is 4.90 Å². The first-order valence-corrected chi connectivity index (χ1v) is 15.8. The van der Waals surface area contributed by atoms with Crippen LogP contribution in [0.3, 0.4) is 0 Å². The lowest BCUT2D eigenvalue weighted by atomic mass is 9.95. The minimum atomic E-state index is 1.13. The molecule has 1 nitrogen and oxygen atoms in total. The Kier molecular flexibility index (Phi) is 5.75. The molecule has 0 atom stereocenters. The molecule has 0 radical (unpaired) electrons. The van der Waals surface area contributed by atoms with Crippen molar-refractivity contribution < 1.29 is 0 Å². The summed E-state index contributed by atoms with van der Waals surface area (Å²) in [5.74, 6) is 0. The zero-order valence-corrected chi connectivity index (χ0v) is 24.8. The first kappa shape index (κ1) is 25.1. The van der Waals surface area contributed by atoms with Crippen LogP contribution in [0.15, 0.2) is 164 Å². The van der Waals surface area contributed by atoms with Crippen LogP contribution in [-0.2, 0) is 0 Å². The fraction of sp³-hybridized carbons (Fsp3) is 0. The van der Waals surface area contributed by atoms with E-state index in [1.54, 1.807) is 0 Å². The molecular formula is C42H27NS. The van der Waals surface area contributed by atoms with Gasteiger partial charge in [-0.1, -0.05) is 127 Å². The summed E-state index contributed by atoms with van der Waals surface area (Å²) in [7, 11) is 0. The van der Waals surface area contributed by atoms with Gasteiger partial charge in [-0.2, -0.15) is 0 Å². The molecule has 1 aromatic heterocycles. The fourth-order valence-electron chi connectivity index (χ4n) is 6.82. The van der Waals surface area contributed by atoms with Crippen LogP contribution < -0.4 is 4.90 Å². The van der Waals surface area contributed by atoms with Gasteiger partial charge in [0.05, 0.1) is 5.69 Å². The largest absolute Gasteiger partial charge is 0.310 e. The highest BCUT2D eigenvalue weighted by molar-refractivity contribution is 7.26. The molecule has 206 valence electrons. The Morgan fingerprint density at radius 2 is 1.05 bits per heavy atom. The molecule has 44 heavy (non-hydrogen) atoms. The molecular weight excluding hydrogens is 551 g/mol. The van der Waals surface area contributed by atoms with E-state index < -0.39 is 0 Å². The van der Waals surface area contributed by atoms with Crippen molar-refractivity contribution in [3.05, 3.63) is 164 Å². The second-order valence-corrected chi connectivity index (χ2v) is 12.4. The highest BCUT2D eigenvalue weighted by Crippen LogP contribution is 2.45. The van der Waals surface area contributed by atoms with E-state index in [2.05, 4.69) is 169 Å². The minimum absolute atomic E-state index is 1.13. The van der Waals surface area contributed by atoms with E-state index in [1.165, 1.54) is 69.3 Å². The van der Waals surface area contributed by atoms with Gasteiger partial charge >= 0.3 is 0 Å². The molecule has 1 heterocycles. The maximum atomic E-state index is 2.43. The number of fused-ring (bicyclic) bond motifs is 8. The number of hydrogen-bond donors (Lipinski definition) is 0. The zero-order chi connectivity index (χ0) is 29.0. The number of benzene rings is 8. The van der Waals surface area contributed by atoms with Gasteiger partial charge in [-0.25, -0.2) is 0 Å². The van der Waals surface area contributed by atoms with Crippen molar-refractivity contribution in [1.29, 1.82) is 0 Å². The normalized spacial score (nSPS) is 11.6. The number of anilines is 3. The topological polar surface area (TPSA) is 3.24 Å². The third-order valence-corrected chi connectivity index (χ3v) is 10.0. The van der Waals surface area contributed by atoms with Crippen molar-refractivity contribution in [3.63, 3.8) is 0 Å². The van der Waals surface area contributed by atoms with Gasteiger partial charge in [-0.15, -0.1) is 11.3 Å². The lowest BCUT2D eigenvalue weighted by molar-refractivity contribution is 1.30. The Bertz CT molecular complexity index is 2510. The predicted octanol–water partition coefficient (Wildman–Crippen LogP) is 12.7. The molecule has 0 unspecified atom stereocenters. The smallest absolute Gasteiger partial charge is 0.0546 e. The molecule has 0 bridgehead atoms. The number of para-hydroxylation sites is 1. The monoisotopic (exact) mass is 577 g/mol. The fourth-order valence-corrected chi connectivity index (χ4v) is 8.06. The van der Waals surface area contributed by atoms with E-state index in [4.69, 9.17) is 0 Å². The van der Waals surface area contributed by atoms with Crippen molar-refractivity contribution in [2.45, 2.75) is 0 Å².